The molecule has 0 saturated heterocycles. The quantitative estimate of drug-likeness (QED) is 0.267. The summed E-state index contributed by atoms with van der Waals surface area (Å²) in [6.07, 6.45) is 4.87. The first-order chi connectivity index (χ1) is 9.05. The fraction of sp³-hybridized carbons (Fsp3) is 0.769. The summed E-state index contributed by atoms with van der Waals surface area (Å²) >= 11 is 0. The predicted octanol–water partition coefficient (Wildman–Crippen LogP) is 3.54. The smallest absolute Gasteiger partial charge is 0.348 e. The maximum Gasteiger partial charge on any atom is 0.348 e. The van der Waals surface area contributed by atoms with Gasteiger partial charge in [-0.05, 0) is 27.2 Å². The van der Waals surface area contributed by atoms with E-state index in [-0.39, 0.29) is 13.2 Å². The molecule has 0 bridgehead atoms. The maximum absolute atomic E-state index is 12.6. The molecule has 0 aliphatic carbocycles. The Bertz CT molecular complexity index is 317. The van der Waals surface area contributed by atoms with E-state index in [2.05, 4.69) is 0 Å². The van der Waals surface area contributed by atoms with Crippen LogP contribution in [-0.4, -0.2) is 31.4 Å². The number of allylic oxidation sites excluding steroid dienone is 1. The lowest BCUT2D eigenvalue weighted by atomic mass is 10.3. The molecule has 0 aromatic heterocycles. The van der Waals surface area contributed by atoms with E-state index in [9.17, 15) is 9.36 Å². The molecule has 1 unspecified atom stereocenters. The van der Waals surface area contributed by atoms with Crippen LogP contribution in [-0.2, 0) is 23.1 Å². The van der Waals surface area contributed by atoms with E-state index in [0.29, 0.717) is 6.61 Å². The van der Waals surface area contributed by atoms with Crippen LogP contribution in [0.15, 0.2) is 12.2 Å². The number of unbranched alkanes of at least 4 members (excludes halogenated alkanes) is 1. The fourth-order valence-corrected chi connectivity index (χ4v) is 3.29. The van der Waals surface area contributed by atoms with Crippen LogP contribution in [0.1, 0.15) is 40.5 Å². The molecule has 1 atom stereocenters. The molecular weight excluding hydrogens is 267 g/mol. The van der Waals surface area contributed by atoms with Crippen LogP contribution in [0.25, 0.3) is 0 Å². The van der Waals surface area contributed by atoms with Crippen LogP contribution in [0.5, 0.6) is 0 Å². The van der Waals surface area contributed by atoms with Crippen molar-refractivity contribution in [3.63, 3.8) is 0 Å². The van der Waals surface area contributed by atoms with Gasteiger partial charge in [-0.2, -0.15) is 0 Å². The highest BCUT2D eigenvalue weighted by Gasteiger charge is 2.40. The SMILES string of the molecule is C/C=C/C(C(=O)OCCCC)P(=O)(OCC)OCC. The van der Waals surface area contributed by atoms with E-state index in [1.54, 1.807) is 26.8 Å². The number of hydrogen-bond acceptors (Lipinski definition) is 5. The second kappa shape index (κ2) is 10.2. The standard InChI is InChI=1S/C13H25O5P/c1-5-9-11-16-13(14)12(10-6-2)19(15,17-7-3)18-8-4/h6,10,12H,5,7-9,11H2,1-4H3/b10-6+. The van der Waals surface area contributed by atoms with Gasteiger partial charge in [-0.25, -0.2) is 0 Å². The van der Waals surface area contributed by atoms with Crippen LogP contribution >= 0.6 is 7.60 Å². The number of esters is 1. The van der Waals surface area contributed by atoms with Gasteiger partial charge in [0.1, 0.15) is 0 Å². The fourth-order valence-electron chi connectivity index (χ4n) is 1.46. The zero-order valence-corrected chi connectivity index (χ0v) is 13.2. The highest BCUT2D eigenvalue weighted by Crippen LogP contribution is 2.54. The van der Waals surface area contributed by atoms with Gasteiger partial charge in [0.05, 0.1) is 19.8 Å². The zero-order chi connectivity index (χ0) is 14.7. The van der Waals surface area contributed by atoms with Gasteiger partial charge in [-0.3, -0.25) is 9.36 Å². The summed E-state index contributed by atoms with van der Waals surface area (Å²) in [5, 5.41) is 0. The number of carbonyl (C=O) groups is 1. The van der Waals surface area contributed by atoms with Crippen molar-refractivity contribution in [1.82, 2.24) is 0 Å². The Morgan fingerprint density at radius 1 is 1.21 bits per heavy atom. The highest BCUT2D eigenvalue weighted by atomic mass is 31.2. The normalized spacial score (nSPS) is 13.7. The lowest BCUT2D eigenvalue weighted by Gasteiger charge is -2.22. The van der Waals surface area contributed by atoms with Gasteiger partial charge >= 0.3 is 13.6 Å². The molecule has 0 fully saturated rings. The monoisotopic (exact) mass is 292 g/mol. The maximum atomic E-state index is 12.6. The van der Waals surface area contributed by atoms with E-state index >= 15 is 0 Å². The summed E-state index contributed by atoms with van der Waals surface area (Å²) < 4.78 is 28.1. The minimum absolute atomic E-state index is 0.216. The molecule has 0 saturated carbocycles. The van der Waals surface area contributed by atoms with E-state index < -0.39 is 19.2 Å². The van der Waals surface area contributed by atoms with Crippen LogP contribution < -0.4 is 0 Å². The molecule has 0 amide bonds. The summed E-state index contributed by atoms with van der Waals surface area (Å²) in [6.45, 7) is 7.92. The van der Waals surface area contributed by atoms with Gasteiger partial charge in [0.2, 0.25) is 0 Å². The highest BCUT2D eigenvalue weighted by molar-refractivity contribution is 7.56. The minimum atomic E-state index is -3.51. The van der Waals surface area contributed by atoms with Crippen molar-refractivity contribution >= 4 is 13.6 Å². The first-order valence-corrected chi connectivity index (χ1v) is 8.35. The first kappa shape index (κ1) is 18.4. The average molecular weight is 292 g/mol. The van der Waals surface area contributed by atoms with Gasteiger partial charge in [0, 0.05) is 0 Å². The largest absolute Gasteiger partial charge is 0.465 e. The Balaban J connectivity index is 4.93. The van der Waals surface area contributed by atoms with Gasteiger partial charge in [0.15, 0.2) is 5.66 Å². The van der Waals surface area contributed by atoms with Gasteiger partial charge in [-0.1, -0.05) is 25.5 Å². The van der Waals surface area contributed by atoms with Crippen LogP contribution in [0, 0.1) is 0 Å². The number of hydrogen-bond donors (Lipinski definition) is 0. The third-order valence-electron chi connectivity index (χ3n) is 2.32. The van der Waals surface area contributed by atoms with E-state index in [4.69, 9.17) is 13.8 Å². The second-order valence-electron chi connectivity index (χ2n) is 3.87. The molecule has 0 aliphatic heterocycles. The molecule has 0 rings (SSSR count). The zero-order valence-electron chi connectivity index (χ0n) is 12.3. The summed E-state index contributed by atoms with van der Waals surface area (Å²) in [5.74, 6) is -0.559. The van der Waals surface area contributed by atoms with Gasteiger partial charge < -0.3 is 13.8 Å². The second-order valence-corrected chi connectivity index (χ2v) is 6.02. The Kier molecular flexibility index (Phi) is 9.84. The summed E-state index contributed by atoms with van der Waals surface area (Å²) in [5.41, 5.74) is -0.991. The van der Waals surface area contributed by atoms with Crippen LogP contribution in [0.3, 0.4) is 0 Å². The molecule has 19 heavy (non-hydrogen) atoms. The third-order valence-corrected chi connectivity index (χ3v) is 4.62. The van der Waals surface area contributed by atoms with Crippen LogP contribution in [0.4, 0.5) is 0 Å². The summed E-state index contributed by atoms with van der Waals surface area (Å²) in [7, 11) is -3.51. The minimum Gasteiger partial charge on any atom is -0.465 e. The number of ether oxygens (including phenoxy) is 1. The molecule has 112 valence electrons. The van der Waals surface area contributed by atoms with Crippen molar-refractivity contribution in [3.05, 3.63) is 12.2 Å². The summed E-state index contributed by atoms with van der Waals surface area (Å²) in [4.78, 5) is 12.0. The lowest BCUT2D eigenvalue weighted by molar-refractivity contribution is -0.142. The molecular formula is C13H25O5P. The molecule has 0 spiro atoms. The number of carbonyl (C=O) groups excluding carboxylic acids is 1. The lowest BCUT2D eigenvalue weighted by Crippen LogP contribution is -2.24. The van der Waals surface area contributed by atoms with Crippen molar-refractivity contribution in [2.75, 3.05) is 19.8 Å². The summed E-state index contributed by atoms with van der Waals surface area (Å²) in [6, 6.07) is 0. The Hall–Kier alpha value is -0.640. The van der Waals surface area contributed by atoms with E-state index in [1.165, 1.54) is 6.08 Å². The Labute approximate surface area is 115 Å². The molecule has 0 aliphatic rings. The molecule has 6 heteroatoms. The molecule has 0 N–H and O–H groups in total. The van der Waals surface area contributed by atoms with Gasteiger partial charge in [-0.15, -0.1) is 0 Å². The van der Waals surface area contributed by atoms with Crippen molar-refractivity contribution in [2.24, 2.45) is 0 Å². The Morgan fingerprint density at radius 2 is 1.79 bits per heavy atom. The van der Waals surface area contributed by atoms with Crippen molar-refractivity contribution in [3.8, 4) is 0 Å². The molecule has 0 heterocycles. The Morgan fingerprint density at radius 3 is 2.21 bits per heavy atom. The van der Waals surface area contributed by atoms with Crippen molar-refractivity contribution < 1.29 is 23.1 Å². The van der Waals surface area contributed by atoms with Crippen LogP contribution in [0.2, 0.25) is 0 Å². The first-order valence-electron chi connectivity index (χ1n) is 6.73. The predicted molar refractivity (Wildman–Crippen MR) is 75.3 cm³/mol. The average Bonchev–Trinajstić information content (AvgIpc) is 2.36. The van der Waals surface area contributed by atoms with Gasteiger partial charge in [0.25, 0.3) is 0 Å². The third kappa shape index (κ3) is 6.37. The van der Waals surface area contributed by atoms with E-state index in [0.717, 1.165) is 12.8 Å². The molecule has 0 aromatic rings. The molecule has 0 aromatic carbocycles. The molecule has 0 radical (unpaired) electrons. The number of rotatable bonds is 10. The topological polar surface area (TPSA) is 61.8 Å². The van der Waals surface area contributed by atoms with E-state index in [1.807, 2.05) is 6.92 Å². The molecule has 5 nitrogen and oxygen atoms in total. The van der Waals surface area contributed by atoms with Crippen molar-refractivity contribution in [2.45, 2.75) is 46.2 Å². The van der Waals surface area contributed by atoms with Crippen molar-refractivity contribution in [1.29, 1.82) is 0 Å².